The Hall–Kier alpha value is -2.03. The first kappa shape index (κ1) is 18.3. The van der Waals surface area contributed by atoms with Gasteiger partial charge in [0.15, 0.2) is 0 Å². The Bertz CT molecular complexity index is 584. The standard InChI is InChI=1S/C21H31N3/c1-5-18-10-12-19(13-11-18)16-24(15-14-22-3)21-9-7-6-8-20(21)17(2)23-4/h10-13,23H,2-3,5-9,14-16H2,1,4H3. The molecule has 0 spiro atoms. The van der Waals surface area contributed by atoms with Crippen LogP contribution in [0.2, 0.25) is 0 Å². The van der Waals surface area contributed by atoms with Gasteiger partial charge in [0.1, 0.15) is 0 Å². The fraction of sp³-hybridized carbons (Fsp3) is 0.476. The predicted molar refractivity (Wildman–Crippen MR) is 104 cm³/mol. The molecule has 24 heavy (non-hydrogen) atoms. The van der Waals surface area contributed by atoms with Crippen molar-refractivity contribution < 1.29 is 0 Å². The van der Waals surface area contributed by atoms with Crippen molar-refractivity contribution in [2.45, 2.75) is 45.6 Å². The van der Waals surface area contributed by atoms with Crippen LogP contribution in [0.15, 0.2) is 52.8 Å². The summed E-state index contributed by atoms with van der Waals surface area (Å²) in [4.78, 5) is 6.56. The molecule has 0 atom stereocenters. The fourth-order valence-corrected chi connectivity index (χ4v) is 3.32. The predicted octanol–water partition coefficient (Wildman–Crippen LogP) is 4.31. The molecule has 1 N–H and O–H groups in total. The molecule has 1 aromatic carbocycles. The van der Waals surface area contributed by atoms with Crippen LogP contribution in [-0.2, 0) is 13.0 Å². The lowest BCUT2D eigenvalue weighted by Gasteiger charge is -2.33. The van der Waals surface area contributed by atoms with Crippen LogP contribution in [0, 0.1) is 0 Å². The number of aryl methyl sites for hydroxylation is 1. The molecule has 0 saturated heterocycles. The third-order valence-electron chi connectivity index (χ3n) is 4.82. The van der Waals surface area contributed by atoms with E-state index < -0.39 is 0 Å². The zero-order valence-electron chi connectivity index (χ0n) is 15.3. The molecule has 3 nitrogen and oxygen atoms in total. The SMILES string of the molecule is C=NCCN(Cc1ccc(CC)cc1)C1=C(C(=C)NC)CCCC1. The number of hydrogen-bond acceptors (Lipinski definition) is 3. The Morgan fingerprint density at radius 2 is 1.83 bits per heavy atom. The second-order valence-electron chi connectivity index (χ2n) is 6.40. The minimum Gasteiger partial charge on any atom is -0.388 e. The third kappa shape index (κ3) is 4.73. The van der Waals surface area contributed by atoms with Crippen molar-refractivity contribution in [3.05, 3.63) is 58.9 Å². The first-order chi connectivity index (χ1) is 11.7. The van der Waals surface area contributed by atoms with Crippen molar-refractivity contribution >= 4 is 6.72 Å². The van der Waals surface area contributed by atoms with Gasteiger partial charge in [-0.25, -0.2) is 0 Å². The summed E-state index contributed by atoms with van der Waals surface area (Å²) in [7, 11) is 1.96. The maximum absolute atomic E-state index is 4.21. The number of rotatable bonds is 9. The largest absolute Gasteiger partial charge is 0.388 e. The number of aliphatic imine (C=N–C) groups is 1. The van der Waals surface area contributed by atoms with Crippen LogP contribution in [0.1, 0.15) is 43.7 Å². The number of likely N-dealkylation sites (N-methyl/N-ethyl adjacent to an activating group) is 1. The molecular weight excluding hydrogens is 294 g/mol. The molecule has 0 aromatic heterocycles. The molecular formula is C21H31N3. The van der Waals surface area contributed by atoms with E-state index in [4.69, 9.17) is 0 Å². The Morgan fingerprint density at radius 1 is 1.17 bits per heavy atom. The number of hydrogen-bond donors (Lipinski definition) is 1. The van der Waals surface area contributed by atoms with E-state index in [2.05, 4.69) is 59.7 Å². The van der Waals surface area contributed by atoms with Gasteiger partial charge in [-0.15, -0.1) is 0 Å². The molecule has 0 amide bonds. The zero-order chi connectivity index (χ0) is 17.4. The van der Waals surface area contributed by atoms with Gasteiger partial charge in [0.2, 0.25) is 0 Å². The summed E-state index contributed by atoms with van der Waals surface area (Å²) >= 11 is 0. The second kappa shape index (κ2) is 9.31. The molecule has 0 heterocycles. The molecule has 130 valence electrons. The van der Waals surface area contributed by atoms with E-state index in [0.29, 0.717) is 0 Å². The van der Waals surface area contributed by atoms with Gasteiger partial charge in [-0.1, -0.05) is 37.8 Å². The lowest BCUT2D eigenvalue weighted by atomic mass is 9.93. The van der Waals surface area contributed by atoms with Crippen molar-refractivity contribution in [1.29, 1.82) is 0 Å². The van der Waals surface area contributed by atoms with E-state index in [1.165, 1.54) is 35.2 Å². The van der Waals surface area contributed by atoms with Gasteiger partial charge in [-0.05, 0) is 55.5 Å². The highest BCUT2D eigenvalue weighted by Gasteiger charge is 2.20. The molecule has 0 saturated carbocycles. The van der Waals surface area contributed by atoms with Gasteiger partial charge < -0.3 is 10.2 Å². The molecule has 2 rings (SSSR count). The van der Waals surface area contributed by atoms with Gasteiger partial charge in [0.25, 0.3) is 0 Å². The summed E-state index contributed by atoms with van der Waals surface area (Å²) in [6.45, 7) is 12.7. The minimum absolute atomic E-state index is 0.760. The summed E-state index contributed by atoms with van der Waals surface area (Å²) < 4.78 is 0. The number of nitrogens with one attached hydrogen (secondary N) is 1. The van der Waals surface area contributed by atoms with E-state index in [1.807, 2.05) is 7.05 Å². The van der Waals surface area contributed by atoms with Crippen LogP contribution in [-0.4, -0.2) is 31.8 Å². The van der Waals surface area contributed by atoms with Crippen LogP contribution in [0.5, 0.6) is 0 Å². The van der Waals surface area contributed by atoms with Crippen molar-refractivity contribution in [1.82, 2.24) is 10.2 Å². The van der Waals surface area contributed by atoms with Crippen molar-refractivity contribution in [2.75, 3.05) is 20.1 Å². The first-order valence-electron chi connectivity index (χ1n) is 9.03. The van der Waals surface area contributed by atoms with Crippen LogP contribution >= 0.6 is 0 Å². The molecule has 1 aliphatic rings. The lowest BCUT2D eigenvalue weighted by Crippen LogP contribution is -2.29. The molecule has 3 heteroatoms. The monoisotopic (exact) mass is 325 g/mol. The first-order valence-corrected chi connectivity index (χ1v) is 9.03. The number of nitrogens with zero attached hydrogens (tertiary/aromatic N) is 2. The van der Waals surface area contributed by atoms with E-state index in [9.17, 15) is 0 Å². The van der Waals surface area contributed by atoms with E-state index in [1.54, 1.807) is 0 Å². The average Bonchev–Trinajstić information content (AvgIpc) is 2.65. The van der Waals surface area contributed by atoms with Gasteiger partial charge in [0.05, 0.1) is 6.54 Å². The Kier molecular flexibility index (Phi) is 7.10. The van der Waals surface area contributed by atoms with E-state index in [0.717, 1.165) is 44.6 Å². The molecule has 1 aromatic rings. The Balaban J connectivity index is 2.26. The second-order valence-corrected chi connectivity index (χ2v) is 6.40. The molecule has 0 fully saturated rings. The average molecular weight is 326 g/mol. The molecule has 0 bridgehead atoms. The topological polar surface area (TPSA) is 27.6 Å². The summed E-state index contributed by atoms with van der Waals surface area (Å²) in [5.41, 5.74) is 6.62. The smallest absolute Gasteiger partial charge is 0.0557 e. The summed E-state index contributed by atoms with van der Waals surface area (Å²) in [5, 5.41) is 3.24. The van der Waals surface area contributed by atoms with Crippen LogP contribution in [0.3, 0.4) is 0 Å². The Morgan fingerprint density at radius 3 is 2.46 bits per heavy atom. The Labute approximate surface area is 147 Å². The molecule has 0 radical (unpaired) electrons. The molecule has 0 aliphatic heterocycles. The van der Waals surface area contributed by atoms with Gasteiger partial charge in [-0.2, -0.15) is 0 Å². The maximum Gasteiger partial charge on any atom is 0.0557 e. The van der Waals surface area contributed by atoms with E-state index >= 15 is 0 Å². The highest BCUT2D eigenvalue weighted by Crippen LogP contribution is 2.31. The summed E-state index contributed by atoms with van der Waals surface area (Å²) in [5.74, 6) is 0. The number of benzene rings is 1. The highest BCUT2D eigenvalue weighted by molar-refractivity contribution is 5.34. The fourth-order valence-electron chi connectivity index (χ4n) is 3.32. The third-order valence-corrected chi connectivity index (χ3v) is 4.82. The van der Waals surface area contributed by atoms with E-state index in [-0.39, 0.29) is 0 Å². The quantitative estimate of drug-likeness (QED) is 0.685. The maximum atomic E-state index is 4.21. The van der Waals surface area contributed by atoms with Gasteiger partial charge in [-0.3, -0.25) is 4.99 Å². The van der Waals surface area contributed by atoms with Crippen molar-refractivity contribution in [3.8, 4) is 0 Å². The lowest BCUT2D eigenvalue weighted by molar-refractivity contribution is 0.319. The van der Waals surface area contributed by atoms with Crippen molar-refractivity contribution in [3.63, 3.8) is 0 Å². The van der Waals surface area contributed by atoms with Crippen LogP contribution in [0.4, 0.5) is 0 Å². The summed E-state index contributed by atoms with van der Waals surface area (Å²) in [6, 6.07) is 8.98. The zero-order valence-corrected chi connectivity index (χ0v) is 15.3. The van der Waals surface area contributed by atoms with Gasteiger partial charge >= 0.3 is 0 Å². The normalized spacial score (nSPS) is 14.4. The summed E-state index contributed by atoms with van der Waals surface area (Å²) in [6.07, 6.45) is 5.82. The number of allylic oxidation sites excluding steroid dienone is 2. The van der Waals surface area contributed by atoms with Crippen LogP contribution in [0.25, 0.3) is 0 Å². The molecule has 1 aliphatic carbocycles. The highest BCUT2D eigenvalue weighted by atomic mass is 15.1. The van der Waals surface area contributed by atoms with Crippen molar-refractivity contribution in [2.24, 2.45) is 4.99 Å². The van der Waals surface area contributed by atoms with Crippen LogP contribution < -0.4 is 5.32 Å². The van der Waals surface area contributed by atoms with Gasteiger partial charge in [0, 0.05) is 31.5 Å². The molecule has 0 unspecified atom stereocenters. The minimum atomic E-state index is 0.760.